The second-order valence-electron chi connectivity index (χ2n) is 6.89. The minimum atomic E-state index is -0.541. The Balaban J connectivity index is 1.72. The summed E-state index contributed by atoms with van der Waals surface area (Å²) in [5, 5.41) is 8.24. The van der Waals surface area contributed by atoms with Gasteiger partial charge >= 0.3 is 0 Å². The van der Waals surface area contributed by atoms with Crippen molar-refractivity contribution >= 4 is 50.0 Å². The largest absolute Gasteiger partial charge is 0.381 e. The summed E-state index contributed by atoms with van der Waals surface area (Å²) in [6.07, 6.45) is 2.59. The van der Waals surface area contributed by atoms with E-state index >= 15 is 0 Å². The highest BCUT2D eigenvalue weighted by atomic mass is 32.1. The average molecular weight is 405 g/mol. The monoisotopic (exact) mass is 405 g/mol. The van der Waals surface area contributed by atoms with Crippen molar-refractivity contribution in [2.75, 3.05) is 11.9 Å². The number of carbonyl (C=O) groups is 1. The number of fused-ring (bicyclic) bond motifs is 5. The highest BCUT2D eigenvalue weighted by Crippen LogP contribution is 2.41. The van der Waals surface area contributed by atoms with E-state index in [1.54, 1.807) is 6.07 Å². The molecule has 0 unspecified atom stereocenters. The quantitative estimate of drug-likeness (QED) is 0.522. The Bertz CT molecular complexity index is 1320. The van der Waals surface area contributed by atoms with Crippen molar-refractivity contribution in [2.45, 2.75) is 13.0 Å². The molecule has 4 heterocycles. The van der Waals surface area contributed by atoms with Gasteiger partial charge in [0.1, 0.15) is 10.6 Å². The molecule has 2 N–H and O–H groups in total. The van der Waals surface area contributed by atoms with E-state index in [-0.39, 0.29) is 17.6 Å². The van der Waals surface area contributed by atoms with E-state index in [1.807, 2.05) is 25.1 Å². The minimum absolute atomic E-state index is 0.0386. The summed E-state index contributed by atoms with van der Waals surface area (Å²) >= 11 is 1.45. The topological polar surface area (TPSA) is 79.8 Å². The molecule has 0 fully saturated rings. The Morgan fingerprint density at radius 1 is 1.28 bits per heavy atom. The van der Waals surface area contributed by atoms with Gasteiger partial charge in [-0.1, -0.05) is 6.58 Å². The van der Waals surface area contributed by atoms with Gasteiger partial charge in [-0.3, -0.25) is 4.79 Å². The Kier molecular flexibility index (Phi) is 4.02. The number of amides is 1. The number of halogens is 1. The Labute approximate surface area is 169 Å². The van der Waals surface area contributed by atoms with Crippen LogP contribution in [0, 0.1) is 5.82 Å². The van der Waals surface area contributed by atoms with E-state index in [1.165, 1.54) is 17.4 Å². The lowest BCUT2D eigenvalue weighted by Crippen LogP contribution is -2.34. The highest BCUT2D eigenvalue weighted by Gasteiger charge is 2.25. The molecule has 0 radical (unpaired) electrons. The molecule has 0 bridgehead atoms. The molecule has 29 heavy (non-hydrogen) atoms. The third-order valence-electron chi connectivity index (χ3n) is 4.88. The molecule has 4 aromatic rings. The van der Waals surface area contributed by atoms with Gasteiger partial charge in [0.05, 0.1) is 23.1 Å². The van der Waals surface area contributed by atoms with E-state index in [0.717, 1.165) is 27.4 Å². The van der Waals surface area contributed by atoms with E-state index in [0.29, 0.717) is 28.5 Å². The summed E-state index contributed by atoms with van der Waals surface area (Å²) in [5.41, 5.74) is 2.08. The van der Waals surface area contributed by atoms with E-state index < -0.39 is 5.82 Å². The number of thiophene rings is 1. The van der Waals surface area contributed by atoms with Crippen LogP contribution in [0.5, 0.6) is 0 Å². The van der Waals surface area contributed by atoms with Crippen LogP contribution in [0.25, 0.3) is 38.5 Å². The van der Waals surface area contributed by atoms with E-state index in [2.05, 4.69) is 32.2 Å². The van der Waals surface area contributed by atoms with Gasteiger partial charge in [-0.15, -0.1) is 11.3 Å². The van der Waals surface area contributed by atoms with Crippen LogP contribution in [0.3, 0.4) is 0 Å². The summed E-state index contributed by atoms with van der Waals surface area (Å²) in [5.74, 6) is -0.275. The van der Waals surface area contributed by atoms with Crippen LogP contribution < -0.4 is 10.6 Å². The number of aromatic nitrogens is 3. The molecule has 0 saturated carbocycles. The van der Waals surface area contributed by atoms with Crippen LogP contribution in [-0.4, -0.2) is 33.4 Å². The zero-order chi connectivity index (χ0) is 20.1. The number of nitrogens with zero attached hydrogens (tertiary/aromatic N) is 3. The van der Waals surface area contributed by atoms with Crippen molar-refractivity contribution in [3.63, 3.8) is 0 Å². The Morgan fingerprint density at radius 3 is 2.97 bits per heavy atom. The van der Waals surface area contributed by atoms with Crippen molar-refractivity contribution in [1.29, 1.82) is 0 Å². The average Bonchev–Trinajstić information content (AvgIpc) is 3.05. The molecule has 3 aromatic heterocycles. The van der Waals surface area contributed by atoms with Crippen LogP contribution in [0.4, 0.5) is 10.1 Å². The zero-order valence-corrected chi connectivity index (χ0v) is 16.3. The number of benzene rings is 1. The summed E-state index contributed by atoms with van der Waals surface area (Å²) in [6, 6.07) is 7.50. The first-order chi connectivity index (χ1) is 14.0. The van der Waals surface area contributed by atoms with Gasteiger partial charge in [0, 0.05) is 28.1 Å². The molecule has 1 amide bonds. The second kappa shape index (κ2) is 6.59. The normalized spacial score (nSPS) is 16.2. The Hall–Kier alpha value is -3.39. The molecule has 144 valence electrons. The number of hydrogen-bond donors (Lipinski definition) is 2. The van der Waals surface area contributed by atoms with Gasteiger partial charge in [0.2, 0.25) is 0 Å². The fourth-order valence-electron chi connectivity index (χ4n) is 3.52. The predicted molar refractivity (Wildman–Crippen MR) is 114 cm³/mol. The van der Waals surface area contributed by atoms with Gasteiger partial charge in [-0.05, 0) is 37.3 Å². The minimum Gasteiger partial charge on any atom is -0.381 e. The Morgan fingerprint density at radius 2 is 2.14 bits per heavy atom. The molecule has 0 spiro atoms. The maximum Gasteiger partial charge on any atom is 0.263 e. The van der Waals surface area contributed by atoms with E-state index in [9.17, 15) is 9.18 Å². The predicted octanol–water partition coefficient (Wildman–Crippen LogP) is 4.23. The summed E-state index contributed by atoms with van der Waals surface area (Å²) in [4.78, 5) is 25.9. The van der Waals surface area contributed by atoms with Crippen molar-refractivity contribution in [2.24, 2.45) is 0 Å². The summed E-state index contributed by atoms with van der Waals surface area (Å²) in [6.45, 7) is 6.23. The van der Waals surface area contributed by atoms with Gasteiger partial charge in [-0.25, -0.2) is 19.3 Å². The first kappa shape index (κ1) is 17.7. The van der Waals surface area contributed by atoms with Gasteiger partial charge in [-0.2, -0.15) is 0 Å². The van der Waals surface area contributed by atoms with Crippen LogP contribution in [0.15, 0.2) is 37.0 Å². The fourth-order valence-corrected chi connectivity index (χ4v) is 4.61. The molecule has 0 saturated heterocycles. The maximum atomic E-state index is 14.3. The molecule has 5 rings (SSSR count). The van der Waals surface area contributed by atoms with Crippen molar-refractivity contribution in [1.82, 2.24) is 20.3 Å². The van der Waals surface area contributed by atoms with Crippen LogP contribution in [0.2, 0.25) is 0 Å². The molecule has 8 heteroatoms. The number of pyridine rings is 1. The maximum absolute atomic E-state index is 14.3. The smallest absolute Gasteiger partial charge is 0.263 e. The van der Waals surface area contributed by atoms with Crippen molar-refractivity contribution in [3.05, 3.63) is 53.6 Å². The van der Waals surface area contributed by atoms with E-state index in [4.69, 9.17) is 0 Å². The third kappa shape index (κ3) is 2.84. The molecule has 1 aliphatic rings. The molecule has 0 aliphatic carbocycles. The second-order valence-corrected chi connectivity index (χ2v) is 7.94. The number of carbonyl (C=O) groups excluding carboxylic acids is 1. The number of rotatable bonds is 2. The molecular formula is C21H16FN5OS. The lowest BCUT2D eigenvalue weighted by atomic mass is 10.1. The first-order valence-electron chi connectivity index (χ1n) is 9.11. The molecule has 1 aromatic carbocycles. The number of nitrogens with one attached hydrogen (secondary N) is 2. The molecule has 1 aliphatic heterocycles. The fraction of sp³-hybridized carbons (Fsp3) is 0.143. The zero-order valence-electron chi connectivity index (χ0n) is 15.5. The van der Waals surface area contributed by atoms with Crippen LogP contribution >= 0.6 is 11.3 Å². The molecular weight excluding hydrogens is 389 g/mol. The van der Waals surface area contributed by atoms with Crippen molar-refractivity contribution < 1.29 is 9.18 Å². The summed E-state index contributed by atoms with van der Waals surface area (Å²) in [7, 11) is 0. The van der Waals surface area contributed by atoms with Crippen LogP contribution in [0.1, 0.15) is 22.4 Å². The first-order valence-corrected chi connectivity index (χ1v) is 9.93. The van der Waals surface area contributed by atoms with Crippen LogP contribution in [-0.2, 0) is 0 Å². The molecule has 6 nitrogen and oxygen atoms in total. The lowest BCUT2D eigenvalue weighted by molar-refractivity contribution is 0.0949. The highest BCUT2D eigenvalue weighted by molar-refractivity contribution is 7.21. The van der Waals surface area contributed by atoms with Gasteiger partial charge in [0.15, 0.2) is 11.6 Å². The van der Waals surface area contributed by atoms with Crippen molar-refractivity contribution in [3.8, 4) is 11.4 Å². The lowest BCUT2D eigenvalue weighted by Gasteiger charge is -2.10. The standard InChI is InChI=1S/C21H16FN5OS/c1-3-16-23-9-12(22)18(27-16)14-5-4-11-13(26-14)6-7-15-17(11)19-20(29-15)21(28)25-10(2)8-24-19/h3-7,9-10,24H,1,8H2,2H3,(H,25,28)/t10-/m1/s1. The molecule has 1 atom stereocenters. The number of hydrogen-bond acceptors (Lipinski definition) is 6. The summed E-state index contributed by atoms with van der Waals surface area (Å²) < 4.78 is 15.3. The third-order valence-corrected chi connectivity index (χ3v) is 6.03. The number of anilines is 1. The van der Waals surface area contributed by atoms with Gasteiger partial charge in [0.25, 0.3) is 5.91 Å². The van der Waals surface area contributed by atoms with Gasteiger partial charge < -0.3 is 10.6 Å². The SMILES string of the molecule is C=Cc1ncc(F)c(-c2ccc3c(ccc4sc5c(c43)NC[C@@H](C)NC5=O)n2)n1.